The van der Waals surface area contributed by atoms with Gasteiger partial charge < -0.3 is 19.1 Å². The Morgan fingerprint density at radius 3 is 2.70 bits per heavy atom. The Hall–Kier alpha value is -2.91. The maximum atomic E-state index is 14.1. The molecule has 160 valence electrons. The first-order chi connectivity index (χ1) is 14.1. The number of aryl methyl sites for hydroxylation is 1. The molecule has 1 amide bonds. The fourth-order valence-corrected chi connectivity index (χ4v) is 3.70. The predicted octanol–water partition coefficient (Wildman–Crippen LogP) is 5.68. The third-order valence-electron chi connectivity index (χ3n) is 4.59. The van der Waals surface area contributed by atoms with Crippen LogP contribution in [0.1, 0.15) is 5.69 Å². The number of aromatic nitrogens is 2. The van der Waals surface area contributed by atoms with Gasteiger partial charge in [0.15, 0.2) is 5.82 Å². The molecular formula is C21H26FN3O4Si. The maximum Gasteiger partial charge on any atom is 0.409 e. The maximum absolute atomic E-state index is 14.1. The molecule has 0 fully saturated rings. The first-order valence-corrected chi connectivity index (χ1v) is 13.3. The number of amides is 1. The second-order valence-corrected chi connectivity index (χ2v) is 13.9. The number of benzene rings is 1. The summed E-state index contributed by atoms with van der Waals surface area (Å²) in [7, 11) is -1.15. The Balaban J connectivity index is 1.79. The van der Waals surface area contributed by atoms with Crippen molar-refractivity contribution >= 4 is 30.9 Å². The van der Waals surface area contributed by atoms with Gasteiger partial charge in [0, 0.05) is 32.6 Å². The van der Waals surface area contributed by atoms with Crippen LogP contribution in [0.5, 0.6) is 11.5 Å². The molecule has 3 rings (SSSR count). The van der Waals surface area contributed by atoms with Gasteiger partial charge in [-0.1, -0.05) is 19.6 Å². The molecule has 1 aromatic carbocycles. The molecule has 0 unspecified atom stereocenters. The van der Waals surface area contributed by atoms with E-state index in [9.17, 15) is 9.18 Å². The summed E-state index contributed by atoms with van der Waals surface area (Å²) in [4.78, 5) is 15.2. The molecule has 0 radical (unpaired) electrons. The van der Waals surface area contributed by atoms with E-state index < -0.39 is 20.0 Å². The van der Waals surface area contributed by atoms with Gasteiger partial charge >= 0.3 is 6.09 Å². The van der Waals surface area contributed by atoms with Crippen molar-refractivity contribution in [3.8, 4) is 11.5 Å². The van der Waals surface area contributed by atoms with Crippen LogP contribution in [0.15, 0.2) is 36.5 Å². The van der Waals surface area contributed by atoms with E-state index in [0.717, 1.165) is 28.8 Å². The van der Waals surface area contributed by atoms with Gasteiger partial charge in [0.25, 0.3) is 0 Å². The number of carboxylic acid groups (broad SMARTS) is 1. The summed E-state index contributed by atoms with van der Waals surface area (Å²) in [5.74, 6) is 0.0692. The average molecular weight is 432 g/mol. The molecule has 0 saturated heterocycles. The van der Waals surface area contributed by atoms with E-state index in [4.69, 9.17) is 14.6 Å². The van der Waals surface area contributed by atoms with Gasteiger partial charge in [-0.05, 0) is 37.2 Å². The van der Waals surface area contributed by atoms with Crippen molar-refractivity contribution in [3.63, 3.8) is 0 Å². The first kappa shape index (κ1) is 21.8. The van der Waals surface area contributed by atoms with Crippen LogP contribution in [0, 0.1) is 12.7 Å². The normalized spacial score (nSPS) is 11.6. The van der Waals surface area contributed by atoms with Gasteiger partial charge in [-0.2, -0.15) is 0 Å². The molecule has 7 nitrogen and oxygen atoms in total. The van der Waals surface area contributed by atoms with Gasteiger partial charge in [-0.3, -0.25) is 5.32 Å². The molecule has 2 aromatic heterocycles. The van der Waals surface area contributed by atoms with Crippen LogP contribution in [0.25, 0.3) is 11.0 Å². The van der Waals surface area contributed by atoms with E-state index in [-0.39, 0.29) is 11.4 Å². The number of fused-ring (bicyclic) bond motifs is 1. The number of hydrogen-bond acceptors (Lipinski definition) is 4. The van der Waals surface area contributed by atoms with E-state index in [1.807, 2.05) is 22.9 Å². The second-order valence-electron chi connectivity index (χ2n) is 8.28. The summed E-state index contributed by atoms with van der Waals surface area (Å²) in [5, 5.41) is 11.5. The quantitative estimate of drug-likeness (QED) is 0.354. The molecule has 2 N–H and O–H groups in total. The molecule has 0 spiro atoms. The number of rotatable bonds is 8. The van der Waals surface area contributed by atoms with Gasteiger partial charge in [0.1, 0.15) is 23.9 Å². The fourth-order valence-electron chi connectivity index (χ4n) is 2.94. The summed E-state index contributed by atoms with van der Waals surface area (Å²) in [6.45, 7) is 10.0. The van der Waals surface area contributed by atoms with E-state index in [2.05, 4.69) is 24.6 Å². The molecule has 9 heteroatoms. The van der Waals surface area contributed by atoms with Crippen LogP contribution >= 0.6 is 0 Å². The lowest BCUT2D eigenvalue weighted by Crippen LogP contribution is -2.22. The zero-order valence-corrected chi connectivity index (χ0v) is 18.5. The summed E-state index contributed by atoms with van der Waals surface area (Å²) in [5.41, 5.74) is 1.57. The zero-order valence-electron chi connectivity index (χ0n) is 17.5. The predicted molar refractivity (Wildman–Crippen MR) is 117 cm³/mol. The number of hydrogen-bond donors (Lipinski definition) is 2. The average Bonchev–Trinajstić information content (AvgIpc) is 2.96. The van der Waals surface area contributed by atoms with E-state index in [1.54, 1.807) is 12.3 Å². The van der Waals surface area contributed by atoms with Crippen LogP contribution in [0.4, 0.5) is 14.9 Å². The van der Waals surface area contributed by atoms with Crippen molar-refractivity contribution in [2.75, 3.05) is 11.9 Å². The third kappa shape index (κ3) is 5.36. The Labute approximate surface area is 175 Å². The Kier molecular flexibility index (Phi) is 6.42. The van der Waals surface area contributed by atoms with E-state index >= 15 is 0 Å². The van der Waals surface area contributed by atoms with Crippen LogP contribution < -0.4 is 10.1 Å². The number of carbonyl (C=O) groups is 1. The van der Waals surface area contributed by atoms with Crippen LogP contribution in [-0.4, -0.2) is 35.4 Å². The van der Waals surface area contributed by atoms with Crippen molar-refractivity contribution in [2.24, 2.45) is 0 Å². The highest BCUT2D eigenvalue weighted by Crippen LogP contribution is 2.32. The molecular weight excluding hydrogens is 405 g/mol. The lowest BCUT2D eigenvalue weighted by molar-refractivity contribution is 0.0886. The van der Waals surface area contributed by atoms with Crippen LogP contribution in [0.2, 0.25) is 25.7 Å². The summed E-state index contributed by atoms with van der Waals surface area (Å²) >= 11 is 0. The molecule has 0 aliphatic carbocycles. The van der Waals surface area contributed by atoms with Crippen molar-refractivity contribution in [3.05, 3.63) is 48.0 Å². The van der Waals surface area contributed by atoms with Crippen molar-refractivity contribution < 1.29 is 23.8 Å². The molecule has 0 aliphatic rings. The van der Waals surface area contributed by atoms with Gasteiger partial charge in [-0.15, -0.1) is 0 Å². The highest BCUT2D eigenvalue weighted by Gasteiger charge is 2.15. The molecule has 30 heavy (non-hydrogen) atoms. The lowest BCUT2D eigenvalue weighted by atomic mass is 10.2. The van der Waals surface area contributed by atoms with Crippen molar-refractivity contribution in [2.45, 2.75) is 39.3 Å². The minimum atomic E-state index is -1.33. The van der Waals surface area contributed by atoms with Crippen molar-refractivity contribution in [1.29, 1.82) is 0 Å². The first-order valence-electron chi connectivity index (χ1n) is 9.64. The molecule has 0 aliphatic heterocycles. The second kappa shape index (κ2) is 8.84. The van der Waals surface area contributed by atoms with E-state index in [0.29, 0.717) is 19.1 Å². The topological polar surface area (TPSA) is 85.6 Å². The minimum Gasteiger partial charge on any atom is -0.465 e. The summed E-state index contributed by atoms with van der Waals surface area (Å²) in [6, 6.07) is 8.71. The van der Waals surface area contributed by atoms with Crippen molar-refractivity contribution in [1.82, 2.24) is 9.55 Å². The highest BCUT2D eigenvalue weighted by atomic mass is 28.3. The van der Waals surface area contributed by atoms with Crippen LogP contribution in [-0.2, 0) is 11.5 Å². The monoisotopic (exact) mass is 431 g/mol. The third-order valence-corrected chi connectivity index (χ3v) is 6.29. The number of ether oxygens (including phenoxy) is 2. The lowest BCUT2D eigenvalue weighted by Gasteiger charge is -2.16. The standard InChI is InChI=1S/C21H26FN3O4Si/c1-14-11-16-19(29-15-5-6-18(17(22)12-15)24-21(26)27)7-8-23-20(16)25(14)13-28-9-10-30(2,3)4/h5-8,11-12,24H,9-10,13H2,1-4H3,(H,26,27). The van der Waals surface area contributed by atoms with Gasteiger partial charge in [-0.25, -0.2) is 14.2 Å². The van der Waals surface area contributed by atoms with E-state index in [1.165, 1.54) is 12.1 Å². The molecule has 0 atom stereocenters. The largest absolute Gasteiger partial charge is 0.465 e. The fraction of sp³-hybridized carbons (Fsp3) is 0.333. The number of anilines is 1. The smallest absolute Gasteiger partial charge is 0.409 e. The Bertz CT molecular complexity index is 1060. The molecule has 0 saturated carbocycles. The highest BCUT2D eigenvalue weighted by molar-refractivity contribution is 6.76. The van der Waals surface area contributed by atoms with Gasteiger partial charge in [0.05, 0.1) is 11.1 Å². The number of halogens is 1. The zero-order chi connectivity index (χ0) is 21.9. The summed E-state index contributed by atoms with van der Waals surface area (Å²) in [6.07, 6.45) is 0.300. The number of nitrogens with one attached hydrogen (secondary N) is 1. The minimum absolute atomic E-state index is 0.132. The van der Waals surface area contributed by atoms with Gasteiger partial charge in [0.2, 0.25) is 0 Å². The molecule has 0 bridgehead atoms. The Morgan fingerprint density at radius 1 is 1.27 bits per heavy atom. The molecule has 3 aromatic rings. The van der Waals surface area contributed by atoms with Crippen LogP contribution in [0.3, 0.4) is 0 Å². The SMILES string of the molecule is Cc1cc2c(Oc3ccc(NC(=O)O)c(F)c3)ccnc2n1COCC[Si](C)(C)C. The molecule has 2 heterocycles. The summed E-state index contributed by atoms with van der Waals surface area (Å²) < 4.78 is 27.8. The Morgan fingerprint density at radius 2 is 2.03 bits per heavy atom. The number of nitrogens with zero attached hydrogens (tertiary/aromatic N) is 2. The number of pyridine rings is 1.